The van der Waals surface area contributed by atoms with Gasteiger partial charge in [-0.2, -0.15) is 0 Å². The zero-order chi connectivity index (χ0) is 16.5. The number of carbonyl (C=O) groups excluding carboxylic acids is 1. The number of morpholine rings is 1. The Hall–Kier alpha value is -1.73. The molecule has 23 heavy (non-hydrogen) atoms. The van der Waals surface area contributed by atoms with Gasteiger partial charge in [-0.15, -0.1) is 0 Å². The molecular formula is C16H27N5O2. The lowest BCUT2D eigenvalue weighted by atomic mass is 10.3. The zero-order valence-electron chi connectivity index (χ0n) is 14.1. The van der Waals surface area contributed by atoms with Gasteiger partial charge in [0.05, 0.1) is 13.2 Å². The summed E-state index contributed by atoms with van der Waals surface area (Å²) in [6, 6.07) is 1.92. The quantitative estimate of drug-likeness (QED) is 0.687. The first-order chi connectivity index (χ1) is 11.1. The minimum absolute atomic E-state index is 0.0591. The molecule has 1 saturated heterocycles. The normalized spacial score (nSPS) is 15.4. The number of nitrogens with zero attached hydrogens (tertiary/aromatic N) is 3. The molecular weight excluding hydrogens is 294 g/mol. The number of anilines is 1. The van der Waals surface area contributed by atoms with E-state index in [0.29, 0.717) is 18.9 Å². The average Bonchev–Trinajstić information content (AvgIpc) is 2.52. The molecule has 128 valence electrons. The van der Waals surface area contributed by atoms with Gasteiger partial charge in [-0.1, -0.05) is 0 Å². The molecule has 0 saturated carbocycles. The minimum Gasteiger partial charge on any atom is -0.379 e. The number of nitrogens with one attached hydrogen (secondary N) is 2. The van der Waals surface area contributed by atoms with Crippen molar-refractivity contribution in [3.8, 4) is 0 Å². The maximum Gasteiger partial charge on any atom is 0.223 e. The van der Waals surface area contributed by atoms with Crippen molar-refractivity contribution < 1.29 is 9.53 Å². The SMILES string of the molecule is Cc1cc(C)nc(NCCC(=O)NCCCN2CCOCC2)n1. The van der Waals surface area contributed by atoms with Crippen LogP contribution in [0.5, 0.6) is 0 Å². The number of hydrogen-bond acceptors (Lipinski definition) is 6. The van der Waals surface area contributed by atoms with Crippen LogP contribution in [-0.4, -0.2) is 66.7 Å². The molecule has 1 aliphatic rings. The van der Waals surface area contributed by atoms with Gasteiger partial charge >= 0.3 is 0 Å². The Morgan fingerprint density at radius 3 is 2.61 bits per heavy atom. The largest absolute Gasteiger partial charge is 0.379 e. The molecule has 1 aromatic rings. The number of hydrogen-bond donors (Lipinski definition) is 2. The summed E-state index contributed by atoms with van der Waals surface area (Å²) < 4.78 is 5.31. The highest BCUT2D eigenvalue weighted by molar-refractivity contribution is 5.76. The molecule has 0 atom stereocenters. The van der Waals surface area contributed by atoms with E-state index in [2.05, 4.69) is 25.5 Å². The molecule has 0 aromatic carbocycles. The van der Waals surface area contributed by atoms with Crippen LogP contribution in [0.4, 0.5) is 5.95 Å². The lowest BCUT2D eigenvalue weighted by Crippen LogP contribution is -2.38. The molecule has 0 spiro atoms. The monoisotopic (exact) mass is 321 g/mol. The van der Waals surface area contributed by atoms with Crippen LogP contribution in [0.1, 0.15) is 24.2 Å². The summed E-state index contributed by atoms with van der Waals surface area (Å²) in [6.07, 6.45) is 1.40. The van der Waals surface area contributed by atoms with Crippen molar-refractivity contribution in [2.24, 2.45) is 0 Å². The Morgan fingerprint density at radius 1 is 1.22 bits per heavy atom. The van der Waals surface area contributed by atoms with Crippen molar-refractivity contribution in [2.75, 3.05) is 51.3 Å². The third kappa shape index (κ3) is 6.92. The van der Waals surface area contributed by atoms with E-state index in [0.717, 1.165) is 57.2 Å². The fourth-order valence-corrected chi connectivity index (χ4v) is 2.54. The summed E-state index contributed by atoms with van der Waals surface area (Å²) in [7, 11) is 0. The number of aryl methyl sites for hydroxylation is 2. The van der Waals surface area contributed by atoms with Crippen molar-refractivity contribution in [3.05, 3.63) is 17.5 Å². The zero-order valence-corrected chi connectivity index (χ0v) is 14.1. The van der Waals surface area contributed by atoms with E-state index in [4.69, 9.17) is 4.74 Å². The Bertz CT molecular complexity index is 483. The molecule has 2 rings (SSSR count). The fraction of sp³-hybridized carbons (Fsp3) is 0.688. The highest BCUT2D eigenvalue weighted by Gasteiger charge is 2.09. The van der Waals surface area contributed by atoms with E-state index in [-0.39, 0.29) is 5.91 Å². The van der Waals surface area contributed by atoms with Crippen LogP contribution in [0.2, 0.25) is 0 Å². The fourth-order valence-electron chi connectivity index (χ4n) is 2.54. The van der Waals surface area contributed by atoms with Gasteiger partial charge in [-0.25, -0.2) is 9.97 Å². The molecule has 1 fully saturated rings. The molecule has 0 bridgehead atoms. The molecule has 7 heteroatoms. The van der Waals surface area contributed by atoms with Crippen molar-refractivity contribution in [3.63, 3.8) is 0 Å². The van der Waals surface area contributed by atoms with Gasteiger partial charge in [0.2, 0.25) is 11.9 Å². The Balaban J connectivity index is 1.54. The van der Waals surface area contributed by atoms with E-state index < -0.39 is 0 Å². The average molecular weight is 321 g/mol. The van der Waals surface area contributed by atoms with E-state index in [1.54, 1.807) is 0 Å². The topological polar surface area (TPSA) is 79.4 Å². The van der Waals surface area contributed by atoms with E-state index in [1.165, 1.54) is 0 Å². The summed E-state index contributed by atoms with van der Waals surface area (Å²) in [5.74, 6) is 0.645. The summed E-state index contributed by atoms with van der Waals surface area (Å²) in [6.45, 7) is 9.76. The predicted octanol–water partition coefficient (Wildman–Crippen LogP) is 0.734. The van der Waals surface area contributed by atoms with Gasteiger partial charge in [0, 0.05) is 44.0 Å². The first kappa shape index (κ1) is 17.6. The standard InChI is InChI=1S/C16H27N5O2/c1-13-12-14(2)20-16(19-13)18-6-4-15(22)17-5-3-7-21-8-10-23-11-9-21/h12H,3-11H2,1-2H3,(H,17,22)(H,18,19,20). The van der Waals surface area contributed by atoms with Gasteiger partial charge in [-0.3, -0.25) is 9.69 Å². The number of aromatic nitrogens is 2. The van der Waals surface area contributed by atoms with Crippen LogP contribution in [0.15, 0.2) is 6.07 Å². The van der Waals surface area contributed by atoms with E-state index in [1.807, 2.05) is 19.9 Å². The molecule has 0 unspecified atom stereocenters. The minimum atomic E-state index is 0.0591. The van der Waals surface area contributed by atoms with Gasteiger partial charge in [0.25, 0.3) is 0 Å². The number of rotatable bonds is 8. The number of ether oxygens (including phenoxy) is 1. The molecule has 1 amide bonds. The summed E-state index contributed by atoms with van der Waals surface area (Å²) in [5, 5.41) is 6.05. The van der Waals surface area contributed by atoms with Crippen molar-refractivity contribution >= 4 is 11.9 Å². The number of carbonyl (C=O) groups is 1. The van der Waals surface area contributed by atoms with Crippen LogP contribution in [0, 0.1) is 13.8 Å². The lowest BCUT2D eigenvalue weighted by molar-refractivity contribution is -0.120. The summed E-state index contributed by atoms with van der Waals surface area (Å²) in [5.41, 5.74) is 1.85. The first-order valence-electron chi connectivity index (χ1n) is 8.26. The second-order valence-electron chi connectivity index (χ2n) is 5.81. The third-order valence-corrected chi connectivity index (χ3v) is 3.69. The van der Waals surface area contributed by atoms with Crippen molar-refractivity contribution in [1.29, 1.82) is 0 Å². The van der Waals surface area contributed by atoms with Crippen LogP contribution >= 0.6 is 0 Å². The van der Waals surface area contributed by atoms with Crippen LogP contribution < -0.4 is 10.6 Å². The van der Waals surface area contributed by atoms with Crippen LogP contribution in [0.3, 0.4) is 0 Å². The maximum absolute atomic E-state index is 11.8. The highest BCUT2D eigenvalue weighted by Crippen LogP contribution is 2.03. The molecule has 1 aromatic heterocycles. The Kier molecular flexibility index (Phi) is 7.22. The first-order valence-corrected chi connectivity index (χ1v) is 8.26. The smallest absolute Gasteiger partial charge is 0.223 e. The Morgan fingerprint density at radius 2 is 1.91 bits per heavy atom. The molecule has 7 nitrogen and oxygen atoms in total. The third-order valence-electron chi connectivity index (χ3n) is 3.69. The van der Waals surface area contributed by atoms with Crippen LogP contribution in [-0.2, 0) is 9.53 Å². The molecule has 1 aliphatic heterocycles. The van der Waals surface area contributed by atoms with Gasteiger partial charge in [0.1, 0.15) is 0 Å². The predicted molar refractivity (Wildman–Crippen MR) is 89.5 cm³/mol. The Labute approximate surface area is 137 Å². The van der Waals surface area contributed by atoms with Crippen LogP contribution in [0.25, 0.3) is 0 Å². The summed E-state index contributed by atoms with van der Waals surface area (Å²) in [4.78, 5) is 22.7. The number of amides is 1. The van der Waals surface area contributed by atoms with Gasteiger partial charge in [0.15, 0.2) is 0 Å². The van der Waals surface area contributed by atoms with Gasteiger partial charge < -0.3 is 15.4 Å². The lowest BCUT2D eigenvalue weighted by Gasteiger charge is -2.26. The second-order valence-corrected chi connectivity index (χ2v) is 5.81. The molecule has 0 radical (unpaired) electrons. The molecule has 2 N–H and O–H groups in total. The maximum atomic E-state index is 11.8. The van der Waals surface area contributed by atoms with E-state index >= 15 is 0 Å². The summed E-state index contributed by atoms with van der Waals surface area (Å²) >= 11 is 0. The second kappa shape index (κ2) is 9.42. The van der Waals surface area contributed by atoms with Gasteiger partial charge in [-0.05, 0) is 32.9 Å². The van der Waals surface area contributed by atoms with Crippen molar-refractivity contribution in [2.45, 2.75) is 26.7 Å². The van der Waals surface area contributed by atoms with Crippen molar-refractivity contribution in [1.82, 2.24) is 20.2 Å². The highest BCUT2D eigenvalue weighted by atomic mass is 16.5. The molecule has 0 aliphatic carbocycles. The molecule has 2 heterocycles. The van der Waals surface area contributed by atoms with E-state index in [9.17, 15) is 4.79 Å².